The van der Waals surface area contributed by atoms with Crippen molar-refractivity contribution in [1.29, 1.82) is 0 Å². The molecule has 1 aromatic heterocycles. The zero-order valence-corrected chi connectivity index (χ0v) is 18.6. The van der Waals surface area contributed by atoms with Gasteiger partial charge in [0, 0.05) is 31.1 Å². The number of morpholine rings is 1. The topological polar surface area (TPSA) is 48.9 Å². The third-order valence-corrected chi connectivity index (χ3v) is 5.17. The molecule has 0 aromatic carbocycles. The van der Waals surface area contributed by atoms with E-state index in [0.717, 1.165) is 51.9 Å². The zero-order valence-electron chi connectivity index (χ0n) is 15.5. The van der Waals surface area contributed by atoms with Crippen LogP contribution in [0.15, 0.2) is 22.5 Å². The van der Waals surface area contributed by atoms with Gasteiger partial charge in [0.1, 0.15) is 0 Å². The Morgan fingerprint density at radius 2 is 2.08 bits per heavy atom. The number of nitrogens with zero attached hydrogens (tertiary/aromatic N) is 2. The molecule has 5 nitrogen and oxygen atoms in total. The minimum Gasteiger partial charge on any atom is -0.379 e. The molecule has 2 heterocycles. The number of halogens is 1. The van der Waals surface area contributed by atoms with E-state index in [4.69, 9.17) is 9.73 Å². The van der Waals surface area contributed by atoms with Crippen molar-refractivity contribution in [3.05, 3.63) is 22.4 Å². The fourth-order valence-corrected chi connectivity index (χ4v) is 3.71. The van der Waals surface area contributed by atoms with Crippen LogP contribution in [0.4, 0.5) is 0 Å². The van der Waals surface area contributed by atoms with Crippen LogP contribution in [0.3, 0.4) is 0 Å². The average molecular weight is 480 g/mol. The summed E-state index contributed by atoms with van der Waals surface area (Å²) in [5.74, 6) is 0.934. The molecule has 144 valence electrons. The Morgan fingerprint density at radius 1 is 1.28 bits per heavy atom. The lowest BCUT2D eigenvalue weighted by atomic mass is 10.2. The molecule has 1 aliphatic heterocycles. The third kappa shape index (κ3) is 8.23. The van der Waals surface area contributed by atoms with Crippen molar-refractivity contribution >= 4 is 41.3 Å². The first kappa shape index (κ1) is 22.7. The van der Waals surface area contributed by atoms with Crippen molar-refractivity contribution in [2.24, 2.45) is 4.99 Å². The summed E-state index contributed by atoms with van der Waals surface area (Å²) in [5, 5.41) is 8.97. The van der Waals surface area contributed by atoms with Crippen molar-refractivity contribution in [2.45, 2.75) is 39.2 Å². The highest BCUT2D eigenvalue weighted by atomic mass is 127. The van der Waals surface area contributed by atoms with Crippen LogP contribution in [-0.4, -0.2) is 56.8 Å². The number of guanidine groups is 1. The highest BCUT2D eigenvalue weighted by Crippen LogP contribution is 2.26. The van der Waals surface area contributed by atoms with E-state index in [1.54, 1.807) is 0 Å². The molecule has 2 N–H and O–H groups in total. The van der Waals surface area contributed by atoms with Crippen molar-refractivity contribution in [1.82, 2.24) is 15.5 Å². The number of nitrogens with one attached hydrogen (secondary N) is 2. The quantitative estimate of drug-likeness (QED) is 0.246. The third-order valence-electron chi connectivity index (χ3n) is 4.20. The van der Waals surface area contributed by atoms with Crippen molar-refractivity contribution in [2.75, 3.05) is 45.9 Å². The highest BCUT2D eigenvalue weighted by Gasteiger charge is 2.23. The fraction of sp³-hybridized carbons (Fsp3) is 0.722. The molecular weight excluding hydrogens is 447 g/mol. The van der Waals surface area contributed by atoms with Gasteiger partial charge in [0.15, 0.2) is 5.96 Å². The first-order chi connectivity index (χ1) is 11.8. The lowest BCUT2D eigenvalue weighted by molar-refractivity contribution is 0.0186. The SMILES string of the molecule is CCCCCNC(=NCC(c1cccs1)N1CCOCC1)NCC.I. The zero-order chi connectivity index (χ0) is 17.0. The van der Waals surface area contributed by atoms with Gasteiger partial charge in [0.05, 0.1) is 25.8 Å². The Morgan fingerprint density at radius 3 is 2.72 bits per heavy atom. The van der Waals surface area contributed by atoms with Crippen LogP contribution in [0, 0.1) is 0 Å². The van der Waals surface area contributed by atoms with E-state index < -0.39 is 0 Å². The molecule has 0 spiro atoms. The molecule has 1 aromatic rings. The van der Waals surface area contributed by atoms with Gasteiger partial charge in [0.25, 0.3) is 0 Å². The maximum absolute atomic E-state index is 5.51. The fourth-order valence-electron chi connectivity index (χ4n) is 2.86. The van der Waals surface area contributed by atoms with Gasteiger partial charge in [-0.05, 0) is 24.8 Å². The summed E-state index contributed by atoms with van der Waals surface area (Å²) in [4.78, 5) is 8.75. The minimum atomic E-state index is 0. The lowest BCUT2D eigenvalue weighted by Gasteiger charge is -2.33. The van der Waals surface area contributed by atoms with Gasteiger partial charge < -0.3 is 15.4 Å². The largest absolute Gasteiger partial charge is 0.379 e. The highest BCUT2D eigenvalue weighted by molar-refractivity contribution is 14.0. The Kier molecular flexibility index (Phi) is 12.5. The van der Waals surface area contributed by atoms with Crippen molar-refractivity contribution in [3.8, 4) is 0 Å². The van der Waals surface area contributed by atoms with Crippen LogP contribution < -0.4 is 10.6 Å². The number of thiophene rings is 1. The first-order valence-electron chi connectivity index (χ1n) is 9.22. The number of unbranched alkanes of at least 4 members (excludes halogenated alkanes) is 2. The number of rotatable bonds is 9. The molecule has 0 saturated carbocycles. The summed E-state index contributed by atoms with van der Waals surface area (Å²) < 4.78 is 5.51. The molecule has 1 fully saturated rings. The maximum atomic E-state index is 5.51. The van der Waals surface area contributed by atoms with Crippen LogP contribution in [0.2, 0.25) is 0 Å². The predicted octanol–water partition coefficient (Wildman–Crippen LogP) is 3.48. The van der Waals surface area contributed by atoms with Crippen molar-refractivity contribution in [3.63, 3.8) is 0 Å². The molecule has 25 heavy (non-hydrogen) atoms. The van der Waals surface area contributed by atoms with Gasteiger partial charge in [-0.1, -0.05) is 25.8 Å². The van der Waals surface area contributed by atoms with E-state index >= 15 is 0 Å². The van der Waals surface area contributed by atoms with E-state index in [-0.39, 0.29) is 24.0 Å². The Hall–Kier alpha value is -0.380. The summed E-state index contributed by atoms with van der Waals surface area (Å²) in [6, 6.07) is 4.70. The molecule has 0 bridgehead atoms. The molecule has 1 atom stereocenters. The number of ether oxygens (including phenoxy) is 1. The maximum Gasteiger partial charge on any atom is 0.191 e. The van der Waals surface area contributed by atoms with Crippen molar-refractivity contribution < 1.29 is 4.74 Å². The molecule has 0 aliphatic carbocycles. The van der Waals surface area contributed by atoms with Crippen LogP contribution >= 0.6 is 35.3 Å². The van der Waals surface area contributed by atoms with E-state index in [1.165, 1.54) is 24.1 Å². The monoisotopic (exact) mass is 480 g/mol. The Balaban J connectivity index is 0.00000312. The van der Waals surface area contributed by atoms with Gasteiger partial charge >= 0.3 is 0 Å². The Labute approximate surface area is 173 Å². The molecule has 1 saturated heterocycles. The second-order valence-corrected chi connectivity index (χ2v) is 7.01. The molecule has 2 rings (SSSR count). The number of hydrogen-bond acceptors (Lipinski definition) is 4. The second kappa shape index (κ2) is 13.8. The predicted molar refractivity (Wildman–Crippen MR) is 118 cm³/mol. The first-order valence-corrected chi connectivity index (χ1v) is 10.1. The minimum absolute atomic E-state index is 0. The molecular formula is C18H33IN4OS. The van der Waals surface area contributed by atoms with Gasteiger partial charge in [0.2, 0.25) is 0 Å². The number of hydrogen-bond donors (Lipinski definition) is 2. The summed E-state index contributed by atoms with van der Waals surface area (Å²) in [7, 11) is 0. The smallest absolute Gasteiger partial charge is 0.191 e. The van der Waals surface area contributed by atoms with Gasteiger partial charge in [-0.2, -0.15) is 0 Å². The van der Waals surface area contributed by atoms with Crippen LogP contribution in [0.1, 0.15) is 44.0 Å². The van der Waals surface area contributed by atoms with E-state index in [2.05, 4.69) is 46.9 Å². The normalized spacial score (nSPS) is 17.0. The van der Waals surface area contributed by atoms with Crippen LogP contribution in [0.25, 0.3) is 0 Å². The molecule has 7 heteroatoms. The number of aliphatic imine (C=N–C) groups is 1. The van der Waals surface area contributed by atoms with Crippen LogP contribution in [-0.2, 0) is 4.74 Å². The summed E-state index contributed by atoms with van der Waals surface area (Å²) in [6.07, 6.45) is 3.70. The molecule has 0 amide bonds. The summed E-state index contributed by atoms with van der Waals surface area (Å²) in [6.45, 7) is 10.6. The Bertz CT molecular complexity index is 464. The summed E-state index contributed by atoms with van der Waals surface area (Å²) >= 11 is 1.82. The second-order valence-electron chi connectivity index (χ2n) is 6.03. The average Bonchev–Trinajstić information content (AvgIpc) is 3.14. The summed E-state index contributed by atoms with van der Waals surface area (Å²) in [5.41, 5.74) is 0. The molecule has 1 aliphatic rings. The van der Waals surface area contributed by atoms with E-state index in [0.29, 0.717) is 6.04 Å². The standard InChI is InChI=1S/C18H32N4OS.HI/c1-3-5-6-9-20-18(19-4-2)21-15-16(17-8-7-14-24-17)22-10-12-23-13-11-22;/h7-8,14,16H,3-6,9-13,15H2,1-2H3,(H2,19,20,21);1H. The molecule has 1 unspecified atom stereocenters. The lowest BCUT2D eigenvalue weighted by Crippen LogP contribution is -2.41. The van der Waals surface area contributed by atoms with E-state index in [9.17, 15) is 0 Å². The van der Waals surface area contributed by atoms with Gasteiger partial charge in [-0.25, -0.2) is 0 Å². The van der Waals surface area contributed by atoms with Gasteiger partial charge in [-0.3, -0.25) is 9.89 Å². The molecule has 0 radical (unpaired) electrons. The van der Waals surface area contributed by atoms with Gasteiger partial charge in [-0.15, -0.1) is 35.3 Å². The van der Waals surface area contributed by atoms with Crippen LogP contribution in [0.5, 0.6) is 0 Å². The van der Waals surface area contributed by atoms with E-state index in [1.807, 2.05) is 11.3 Å².